The van der Waals surface area contributed by atoms with Gasteiger partial charge >= 0.3 is 0 Å². The lowest BCUT2D eigenvalue weighted by atomic mass is 10.00. The van der Waals surface area contributed by atoms with Gasteiger partial charge in [-0.1, -0.05) is 42.0 Å². The minimum absolute atomic E-state index is 0.0687. The number of nitrogens with zero attached hydrogens (tertiary/aromatic N) is 1. The molecule has 0 saturated heterocycles. The van der Waals surface area contributed by atoms with Gasteiger partial charge in [0, 0.05) is 12.6 Å². The van der Waals surface area contributed by atoms with Gasteiger partial charge in [0.25, 0.3) is 15.9 Å². The zero-order valence-electron chi connectivity index (χ0n) is 17.9. The van der Waals surface area contributed by atoms with Gasteiger partial charge in [0.1, 0.15) is 5.82 Å². The van der Waals surface area contributed by atoms with Crippen molar-refractivity contribution >= 4 is 21.6 Å². The number of benzene rings is 3. The molecule has 0 saturated carbocycles. The van der Waals surface area contributed by atoms with Gasteiger partial charge in [-0.05, 0) is 62.2 Å². The number of anilines is 1. The second-order valence-corrected chi connectivity index (χ2v) is 9.48. The number of sulfonamides is 1. The van der Waals surface area contributed by atoms with E-state index in [9.17, 15) is 17.6 Å². The summed E-state index contributed by atoms with van der Waals surface area (Å²) in [6.45, 7) is 5.86. The molecule has 3 aromatic rings. The number of halogens is 1. The normalized spacial score (nSPS) is 12.3. The minimum atomic E-state index is -4.05. The highest BCUT2D eigenvalue weighted by Gasteiger charge is 2.24. The monoisotopic (exact) mass is 440 g/mol. The second-order valence-electron chi connectivity index (χ2n) is 7.51. The number of aryl methyl sites for hydroxylation is 2. The van der Waals surface area contributed by atoms with Gasteiger partial charge in [0.05, 0.1) is 16.6 Å². The first-order chi connectivity index (χ1) is 14.6. The average molecular weight is 441 g/mol. The Kier molecular flexibility index (Phi) is 6.45. The van der Waals surface area contributed by atoms with E-state index in [0.29, 0.717) is 0 Å². The maximum absolute atomic E-state index is 14.1. The van der Waals surface area contributed by atoms with Crippen molar-refractivity contribution in [1.29, 1.82) is 0 Å². The number of carbonyl (C=O) groups is 1. The highest BCUT2D eigenvalue weighted by atomic mass is 32.2. The zero-order valence-corrected chi connectivity index (χ0v) is 18.7. The van der Waals surface area contributed by atoms with Crippen LogP contribution < -0.4 is 9.62 Å². The lowest BCUT2D eigenvalue weighted by molar-refractivity contribution is 0.0939. The Morgan fingerprint density at radius 3 is 2.39 bits per heavy atom. The molecule has 0 heterocycles. The Balaban J connectivity index is 1.85. The molecular formula is C24H25FN2O3S. The molecule has 0 unspecified atom stereocenters. The molecule has 1 amide bonds. The van der Waals surface area contributed by atoms with Crippen molar-refractivity contribution in [1.82, 2.24) is 5.32 Å². The summed E-state index contributed by atoms with van der Waals surface area (Å²) in [4.78, 5) is 12.7. The number of rotatable bonds is 6. The summed E-state index contributed by atoms with van der Waals surface area (Å²) in [5, 5.41) is 2.91. The maximum atomic E-state index is 14.1. The summed E-state index contributed by atoms with van der Waals surface area (Å²) in [6, 6.07) is 17.1. The van der Waals surface area contributed by atoms with E-state index < -0.39 is 21.7 Å². The molecule has 0 spiro atoms. The van der Waals surface area contributed by atoms with Crippen molar-refractivity contribution in [2.75, 3.05) is 11.4 Å². The van der Waals surface area contributed by atoms with Crippen LogP contribution in [0.2, 0.25) is 0 Å². The molecule has 0 aromatic heterocycles. The summed E-state index contributed by atoms with van der Waals surface area (Å²) in [5.41, 5.74) is 3.33. The molecule has 5 nitrogen and oxygen atoms in total. The third kappa shape index (κ3) is 4.77. The van der Waals surface area contributed by atoms with Crippen LogP contribution in [0.25, 0.3) is 0 Å². The van der Waals surface area contributed by atoms with Gasteiger partial charge < -0.3 is 5.32 Å². The molecular weight excluding hydrogens is 415 g/mol. The maximum Gasteiger partial charge on any atom is 0.264 e. The molecule has 3 aromatic carbocycles. The minimum Gasteiger partial charge on any atom is -0.346 e. The van der Waals surface area contributed by atoms with Crippen LogP contribution in [0.1, 0.15) is 40.0 Å². The first-order valence-corrected chi connectivity index (χ1v) is 11.3. The van der Waals surface area contributed by atoms with Crippen molar-refractivity contribution in [3.8, 4) is 0 Å². The fourth-order valence-corrected chi connectivity index (χ4v) is 4.71. The van der Waals surface area contributed by atoms with Crippen LogP contribution in [0.5, 0.6) is 0 Å². The fourth-order valence-electron chi connectivity index (χ4n) is 3.46. The summed E-state index contributed by atoms with van der Waals surface area (Å²) in [7, 11) is -2.77. The molecule has 0 aliphatic rings. The van der Waals surface area contributed by atoms with Crippen LogP contribution in [0.15, 0.2) is 71.6 Å². The topological polar surface area (TPSA) is 66.5 Å². The average Bonchev–Trinajstić information content (AvgIpc) is 2.73. The quantitative estimate of drug-likeness (QED) is 0.601. The number of hydrogen-bond acceptors (Lipinski definition) is 3. The standard InChI is InChI=1S/C24H25FN2O3S/c1-16-12-13-21(17(2)14-16)18(3)26-24(28)19-8-7-9-20(15-19)31(29,30)27(4)23-11-6-5-10-22(23)25/h5-15,18H,1-4H3,(H,26,28)/t18-/m1/s1. The summed E-state index contributed by atoms with van der Waals surface area (Å²) >= 11 is 0. The Bertz CT molecular complexity index is 1220. The van der Waals surface area contributed by atoms with E-state index in [4.69, 9.17) is 0 Å². The van der Waals surface area contributed by atoms with E-state index in [-0.39, 0.29) is 22.2 Å². The summed E-state index contributed by atoms with van der Waals surface area (Å²) < 4.78 is 41.0. The molecule has 1 N–H and O–H groups in total. The molecule has 0 radical (unpaired) electrons. The van der Waals surface area contributed by atoms with Crippen LogP contribution in [0.4, 0.5) is 10.1 Å². The number of carbonyl (C=O) groups excluding carboxylic acids is 1. The van der Waals surface area contributed by atoms with Gasteiger partial charge in [-0.15, -0.1) is 0 Å². The van der Waals surface area contributed by atoms with Crippen LogP contribution >= 0.6 is 0 Å². The first-order valence-electron chi connectivity index (χ1n) is 9.83. The SMILES string of the molecule is Cc1ccc([C@@H](C)NC(=O)c2cccc(S(=O)(=O)N(C)c3ccccc3F)c2)c(C)c1. The molecule has 0 aliphatic heterocycles. The zero-order chi connectivity index (χ0) is 22.8. The van der Waals surface area contributed by atoms with Crippen molar-refractivity contribution in [2.24, 2.45) is 0 Å². The van der Waals surface area contributed by atoms with E-state index in [2.05, 4.69) is 5.32 Å². The van der Waals surface area contributed by atoms with Crippen molar-refractivity contribution < 1.29 is 17.6 Å². The fraction of sp³-hybridized carbons (Fsp3) is 0.208. The van der Waals surface area contributed by atoms with E-state index in [1.165, 1.54) is 43.4 Å². The molecule has 7 heteroatoms. The van der Waals surface area contributed by atoms with E-state index in [1.54, 1.807) is 12.1 Å². The molecule has 3 rings (SSSR count). The highest BCUT2D eigenvalue weighted by molar-refractivity contribution is 7.92. The molecule has 162 valence electrons. The molecule has 0 bridgehead atoms. The van der Waals surface area contributed by atoms with Gasteiger partial charge in [-0.2, -0.15) is 0 Å². The van der Waals surface area contributed by atoms with Crippen LogP contribution in [0.3, 0.4) is 0 Å². The number of para-hydroxylation sites is 1. The third-order valence-electron chi connectivity index (χ3n) is 5.19. The summed E-state index contributed by atoms with van der Waals surface area (Å²) in [5.74, 6) is -1.04. The Morgan fingerprint density at radius 1 is 1.00 bits per heavy atom. The molecule has 31 heavy (non-hydrogen) atoms. The van der Waals surface area contributed by atoms with Gasteiger partial charge in [0.15, 0.2) is 0 Å². The number of hydrogen-bond donors (Lipinski definition) is 1. The van der Waals surface area contributed by atoms with Gasteiger partial charge in [0.2, 0.25) is 0 Å². The van der Waals surface area contributed by atoms with Crippen molar-refractivity contribution in [3.05, 3.63) is 94.8 Å². The Hall–Kier alpha value is -3.19. The second kappa shape index (κ2) is 8.89. The highest BCUT2D eigenvalue weighted by Crippen LogP contribution is 2.25. The van der Waals surface area contributed by atoms with E-state index in [0.717, 1.165) is 21.0 Å². The van der Waals surface area contributed by atoms with E-state index >= 15 is 0 Å². The predicted octanol–water partition coefficient (Wildman–Crippen LogP) is 4.76. The smallest absolute Gasteiger partial charge is 0.264 e. The lowest BCUT2D eigenvalue weighted by Gasteiger charge is -2.21. The summed E-state index contributed by atoms with van der Waals surface area (Å²) in [6.07, 6.45) is 0. The Labute approximate surface area is 182 Å². The predicted molar refractivity (Wildman–Crippen MR) is 120 cm³/mol. The first kappa shape index (κ1) is 22.5. The van der Waals surface area contributed by atoms with Gasteiger partial charge in [-0.25, -0.2) is 12.8 Å². The van der Waals surface area contributed by atoms with Crippen LogP contribution in [0, 0.1) is 19.7 Å². The van der Waals surface area contributed by atoms with E-state index in [1.807, 2.05) is 39.0 Å². The third-order valence-corrected chi connectivity index (χ3v) is 6.95. The molecule has 0 fully saturated rings. The largest absolute Gasteiger partial charge is 0.346 e. The van der Waals surface area contributed by atoms with Crippen LogP contribution in [-0.2, 0) is 10.0 Å². The lowest BCUT2D eigenvalue weighted by Crippen LogP contribution is -2.29. The number of nitrogens with one attached hydrogen (secondary N) is 1. The number of amides is 1. The Morgan fingerprint density at radius 2 is 1.71 bits per heavy atom. The van der Waals surface area contributed by atoms with Gasteiger partial charge in [-0.3, -0.25) is 9.10 Å². The van der Waals surface area contributed by atoms with Crippen molar-refractivity contribution in [2.45, 2.75) is 31.7 Å². The van der Waals surface area contributed by atoms with Crippen molar-refractivity contribution in [3.63, 3.8) is 0 Å². The molecule has 1 atom stereocenters. The van der Waals surface area contributed by atoms with Crippen LogP contribution in [-0.4, -0.2) is 21.4 Å². The molecule has 0 aliphatic carbocycles.